The minimum Gasteiger partial charge on any atom is -0.298 e. The molecule has 3 aromatic rings. The lowest BCUT2D eigenvalue weighted by Gasteiger charge is -2.05. The van der Waals surface area contributed by atoms with E-state index in [-0.39, 0.29) is 10.8 Å². The monoisotopic (exact) mass is 339 g/mol. The highest BCUT2D eigenvalue weighted by atomic mass is 32.1. The molecule has 0 aliphatic heterocycles. The number of rotatable bonds is 5. The van der Waals surface area contributed by atoms with Crippen LogP contribution in [0.15, 0.2) is 64.5 Å². The van der Waals surface area contributed by atoms with Crippen LogP contribution in [0.25, 0.3) is 10.2 Å². The molecule has 2 aromatic carbocycles. The van der Waals surface area contributed by atoms with Crippen LogP contribution in [0.4, 0.5) is 0 Å². The maximum absolute atomic E-state index is 12.1. The number of nitrogens with zero attached hydrogens (tertiary/aromatic N) is 2. The molecule has 0 fully saturated rings. The molecule has 1 heterocycles. The molecule has 0 radical (unpaired) electrons. The number of thiazole rings is 1. The molecule has 6 heteroatoms. The van der Waals surface area contributed by atoms with E-state index in [0.717, 1.165) is 15.9 Å². The Morgan fingerprint density at radius 1 is 1.12 bits per heavy atom. The number of amides is 1. The maximum atomic E-state index is 12.1. The summed E-state index contributed by atoms with van der Waals surface area (Å²) in [5, 5.41) is 4.11. The van der Waals surface area contributed by atoms with Crippen molar-refractivity contribution in [2.45, 2.75) is 19.9 Å². The first-order chi connectivity index (χ1) is 11.6. The summed E-state index contributed by atoms with van der Waals surface area (Å²) in [7, 11) is 0. The first-order valence-electron chi connectivity index (χ1n) is 7.62. The third kappa shape index (κ3) is 3.60. The number of aromatic nitrogens is 1. The van der Waals surface area contributed by atoms with E-state index in [9.17, 15) is 9.59 Å². The molecule has 0 saturated heterocycles. The quantitative estimate of drug-likeness (QED) is 0.573. The summed E-state index contributed by atoms with van der Waals surface area (Å²) >= 11 is 1.24. The van der Waals surface area contributed by atoms with Gasteiger partial charge in [0, 0.05) is 24.2 Å². The van der Waals surface area contributed by atoms with Crippen LogP contribution in [0.3, 0.4) is 0 Å². The van der Waals surface area contributed by atoms with Crippen molar-refractivity contribution >= 4 is 33.2 Å². The molecule has 0 aliphatic rings. The van der Waals surface area contributed by atoms with Crippen molar-refractivity contribution in [1.29, 1.82) is 0 Å². The molecule has 24 heavy (non-hydrogen) atoms. The molecule has 0 saturated carbocycles. The van der Waals surface area contributed by atoms with Crippen LogP contribution in [0.5, 0.6) is 0 Å². The van der Waals surface area contributed by atoms with Crippen molar-refractivity contribution in [2.24, 2.45) is 5.10 Å². The van der Waals surface area contributed by atoms with Crippen molar-refractivity contribution < 1.29 is 4.79 Å². The fourth-order valence-corrected chi connectivity index (χ4v) is 3.27. The molecular weight excluding hydrogens is 322 g/mol. The number of fused-ring (bicyclic) bond motifs is 1. The van der Waals surface area contributed by atoms with Gasteiger partial charge in [-0.3, -0.25) is 14.2 Å². The van der Waals surface area contributed by atoms with Crippen LogP contribution in [-0.4, -0.2) is 16.2 Å². The smallest absolute Gasteiger partial charge is 0.298 e. The lowest BCUT2D eigenvalue weighted by atomic mass is 10.2. The van der Waals surface area contributed by atoms with E-state index < -0.39 is 0 Å². The van der Waals surface area contributed by atoms with Gasteiger partial charge in [0.05, 0.1) is 10.2 Å². The number of nitrogens with one attached hydrogen (secondary N) is 1. The molecule has 0 spiro atoms. The number of hydrogen-bond donors (Lipinski definition) is 1. The van der Waals surface area contributed by atoms with Gasteiger partial charge in [0.2, 0.25) is 0 Å². The molecule has 0 unspecified atom stereocenters. The Bertz CT molecular complexity index is 942. The molecule has 1 N–H and O–H groups in total. The Balaban J connectivity index is 1.64. The second kappa shape index (κ2) is 7.23. The van der Waals surface area contributed by atoms with Crippen molar-refractivity contribution in [3.63, 3.8) is 0 Å². The number of aryl methyl sites for hydroxylation is 1. The Hall–Kier alpha value is -2.73. The van der Waals surface area contributed by atoms with E-state index in [0.29, 0.717) is 18.5 Å². The highest BCUT2D eigenvalue weighted by molar-refractivity contribution is 7.16. The van der Waals surface area contributed by atoms with Crippen molar-refractivity contribution in [2.75, 3.05) is 0 Å². The van der Waals surface area contributed by atoms with Gasteiger partial charge in [0.15, 0.2) is 0 Å². The minimum atomic E-state index is -0.242. The largest absolute Gasteiger partial charge is 0.308 e. The minimum absolute atomic E-state index is 0.0253. The van der Waals surface area contributed by atoms with Crippen molar-refractivity contribution in [1.82, 2.24) is 9.99 Å². The maximum Gasteiger partial charge on any atom is 0.308 e. The Labute approximate surface area is 143 Å². The van der Waals surface area contributed by atoms with Crippen LogP contribution in [0, 0.1) is 0 Å². The number of benzene rings is 2. The Kier molecular flexibility index (Phi) is 4.86. The first-order valence-corrected chi connectivity index (χ1v) is 8.44. The third-order valence-electron chi connectivity index (χ3n) is 3.66. The van der Waals surface area contributed by atoms with Gasteiger partial charge < -0.3 is 0 Å². The molecular formula is C18H17N3O2S. The number of para-hydroxylation sites is 1. The lowest BCUT2D eigenvalue weighted by molar-refractivity contribution is 0.0954. The van der Waals surface area contributed by atoms with Crippen LogP contribution in [0.2, 0.25) is 0 Å². The van der Waals surface area contributed by atoms with Gasteiger partial charge in [0.1, 0.15) is 0 Å². The van der Waals surface area contributed by atoms with Crippen molar-refractivity contribution in [3.05, 3.63) is 69.8 Å². The third-order valence-corrected chi connectivity index (χ3v) is 4.62. The molecule has 0 aliphatic carbocycles. The molecule has 1 amide bonds. The average Bonchev–Trinajstić information content (AvgIpc) is 2.93. The number of hydrogen-bond acceptors (Lipinski definition) is 4. The first kappa shape index (κ1) is 16.1. The van der Waals surface area contributed by atoms with Crippen LogP contribution in [0.1, 0.15) is 23.7 Å². The zero-order valence-corrected chi connectivity index (χ0v) is 14.0. The van der Waals surface area contributed by atoms with Gasteiger partial charge in [-0.1, -0.05) is 41.7 Å². The van der Waals surface area contributed by atoms with E-state index in [4.69, 9.17) is 0 Å². The Morgan fingerprint density at radius 2 is 1.83 bits per heavy atom. The molecule has 5 nitrogen and oxygen atoms in total. The lowest BCUT2D eigenvalue weighted by Crippen LogP contribution is -2.20. The van der Waals surface area contributed by atoms with Crippen LogP contribution in [-0.2, 0) is 6.54 Å². The zero-order valence-electron chi connectivity index (χ0n) is 13.2. The van der Waals surface area contributed by atoms with E-state index >= 15 is 0 Å². The highest BCUT2D eigenvalue weighted by Gasteiger charge is 2.07. The summed E-state index contributed by atoms with van der Waals surface area (Å²) in [5.41, 5.74) is 4.81. The van der Waals surface area contributed by atoms with Gasteiger partial charge in [-0.25, -0.2) is 5.43 Å². The summed E-state index contributed by atoms with van der Waals surface area (Å²) in [6, 6.07) is 16.7. The Morgan fingerprint density at radius 3 is 2.62 bits per heavy atom. The summed E-state index contributed by atoms with van der Waals surface area (Å²) < 4.78 is 2.73. The van der Waals surface area contributed by atoms with E-state index in [2.05, 4.69) is 10.5 Å². The number of carbonyl (C=O) groups excluding carboxylic acids is 1. The molecule has 1 aromatic heterocycles. The number of hydrazone groups is 1. The van der Waals surface area contributed by atoms with Gasteiger partial charge >= 0.3 is 4.87 Å². The van der Waals surface area contributed by atoms with Crippen molar-refractivity contribution in [3.8, 4) is 0 Å². The van der Waals surface area contributed by atoms with Gasteiger partial charge in [-0.2, -0.15) is 5.10 Å². The summed E-state index contributed by atoms with van der Waals surface area (Å²) in [6.45, 7) is 2.38. The molecule has 122 valence electrons. The summed E-state index contributed by atoms with van der Waals surface area (Å²) in [6.07, 6.45) is 0.593. The SMILES string of the molecule is C/C(CCn1c(=O)sc2ccccc21)=N/NC(=O)c1ccccc1. The van der Waals surface area contributed by atoms with E-state index in [1.165, 1.54) is 11.3 Å². The van der Waals surface area contributed by atoms with Crippen LogP contribution < -0.4 is 10.3 Å². The topological polar surface area (TPSA) is 63.5 Å². The second-order valence-corrected chi connectivity index (χ2v) is 6.38. The predicted octanol–water partition coefficient (Wildman–Crippen LogP) is 3.26. The molecule has 3 rings (SSSR count). The summed E-state index contributed by atoms with van der Waals surface area (Å²) in [5.74, 6) is -0.242. The fraction of sp³-hybridized carbons (Fsp3) is 0.167. The van der Waals surface area contributed by atoms with E-state index in [1.54, 1.807) is 28.8 Å². The zero-order chi connectivity index (χ0) is 16.9. The highest BCUT2D eigenvalue weighted by Crippen LogP contribution is 2.16. The number of carbonyl (C=O) groups is 1. The van der Waals surface area contributed by atoms with Gasteiger partial charge in [-0.15, -0.1) is 0 Å². The second-order valence-electron chi connectivity index (χ2n) is 5.39. The normalized spacial score (nSPS) is 11.6. The predicted molar refractivity (Wildman–Crippen MR) is 97.7 cm³/mol. The van der Waals surface area contributed by atoms with Crippen LogP contribution >= 0.6 is 11.3 Å². The standard InChI is InChI=1S/C18H17N3O2S/c1-13(19-20-17(22)14-7-3-2-4-8-14)11-12-21-15-9-5-6-10-16(15)24-18(21)23/h2-10H,11-12H2,1H3,(H,20,22)/b19-13-. The van der Waals surface area contributed by atoms with Gasteiger partial charge in [-0.05, 0) is 31.2 Å². The molecule has 0 bridgehead atoms. The van der Waals surface area contributed by atoms with Gasteiger partial charge in [0.25, 0.3) is 5.91 Å². The summed E-state index contributed by atoms with van der Waals surface area (Å²) in [4.78, 5) is 24.0. The average molecular weight is 339 g/mol. The van der Waals surface area contributed by atoms with E-state index in [1.807, 2.05) is 37.3 Å². The molecule has 0 atom stereocenters. The fourth-order valence-electron chi connectivity index (χ4n) is 2.36.